The number of nitrogens with zero attached hydrogens (tertiary/aromatic N) is 2. The Morgan fingerprint density at radius 1 is 1.31 bits per heavy atom. The molecule has 0 atom stereocenters. The smallest absolute Gasteiger partial charge is 0.449 e. The highest BCUT2D eigenvalue weighted by Gasteiger charge is 2.32. The number of carboxylic acid groups (broad SMARTS) is 1. The average molecular weight is 399 g/mol. The summed E-state index contributed by atoms with van der Waals surface area (Å²) >= 11 is 8.09. The fourth-order valence-corrected chi connectivity index (χ4v) is 4.55. The van der Waals surface area contributed by atoms with E-state index in [1.54, 1.807) is 6.07 Å². The molecule has 2 aromatic rings. The molecule has 1 N–H and O–H groups in total. The molecule has 1 aromatic heterocycles. The monoisotopic (exact) mass is 398 g/mol. The number of carbonyl (C=O) groups is 1. The molecular formula is C17H16ClFN2O4S. The van der Waals surface area contributed by atoms with Crippen LogP contribution in [0.4, 0.5) is 14.9 Å². The van der Waals surface area contributed by atoms with E-state index < -0.39 is 23.2 Å². The van der Waals surface area contributed by atoms with Crippen LogP contribution in [0.3, 0.4) is 0 Å². The lowest BCUT2D eigenvalue weighted by Crippen LogP contribution is -2.33. The molecule has 138 valence electrons. The lowest BCUT2D eigenvalue weighted by molar-refractivity contribution is 0.144. The molecule has 6 nitrogen and oxygen atoms in total. The van der Waals surface area contributed by atoms with Crippen molar-refractivity contribution < 1.29 is 19.0 Å². The van der Waals surface area contributed by atoms with Crippen LogP contribution < -0.4 is 15.1 Å². The Balaban J connectivity index is 1.97. The third-order valence-corrected chi connectivity index (χ3v) is 5.94. The maximum atomic E-state index is 15.4. The van der Waals surface area contributed by atoms with Crippen LogP contribution in [0, 0.1) is 5.82 Å². The first-order valence-corrected chi connectivity index (χ1v) is 9.82. The highest BCUT2D eigenvalue weighted by molar-refractivity contribution is 7.99. The van der Waals surface area contributed by atoms with Crippen LogP contribution in [0.25, 0.3) is 10.9 Å². The van der Waals surface area contributed by atoms with Crippen LogP contribution in [0.15, 0.2) is 16.9 Å². The normalized spacial score (nSPS) is 17.5. The van der Waals surface area contributed by atoms with Crippen LogP contribution in [0.1, 0.15) is 18.9 Å². The van der Waals surface area contributed by atoms with Gasteiger partial charge in [-0.3, -0.25) is 4.79 Å². The predicted molar refractivity (Wildman–Crippen MR) is 99.6 cm³/mol. The number of halogens is 2. The Morgan fingerprint density at radius 2 is 2.00 bits per heavy atom. The van der Waals surface area contributed by atoms with Gasteiger partial charge in [-0.05, 0) is 25.0 Å². The van der Waals surface area contributed by atoms with Gasteiger partial charge in [-0.1, -0.05) is 11.6 Å². The molecule has 1 saturated carbocycles. The van der Waals surface area contributed by atoms with Crippen LogP contribution in [0.2, 0.25) is 5.15 Å². The van der Waals surface area contributed by atoms with Gasteiger partial charge in [-0.15, -0.1) is 0 Å². The number of hydrogen-bond acceptors (Lipinski definition) is 5. The Kier molecular flexibility index (Phi) is 4.48. The highest BCUT2D eigenvalue weighted by Crippen LogP contribution is 2.43. The number of ether oxygens (including phenoxy) is 1. The largest absolute Gasteiger partial charge is 0.511 e. The van der Waals surface area contributed by atoms with Gasteiger partial charge >= 0.3 is 6.16 Å². The topological polar surface area (TPSA) is 71.8 Å². The van der Waals surface area contributed by atoms with Crippen LogP contribution >= 0.6 is 23.4 Å². The molecule has 0 unspecified atom stereocenters. The van der Waals surface area contributed by atoms with Gasteiger partial charge in [0.1, 0.15) is 0 Å². The number of fused-ring (bicyclic) bond motifs is 1. The summed E-state index contributed by atoms with van der Waals surface area (Å²) in [5.74, 6) is 0.861. The Labute approximate surface area is 157 Å². The van der Waals surface area contributed by atoms with Crippen molar-refractivity contribution in [1.29, 1.82) is 0 Å². The van der Waals surface area contributed by atoms with Gasteiger partial charge in [-0.25, -0.2) is 9.18 Å². The summed E-state index contributed by atoms with van der Waals surface area (Å²) < 4.78 is 21.5. The molecule has 2 aliphatic rings. The van der Waals surface area contributed by atoms with E-state index in [1.165, 1.54) is 10.6 Å². The zero-order valence-corrected chi connectivity index (χ0v) is 15.3. The average Bonchev–Trinajstić information content (AvgIpc) is 3.45. The summed E-state index contributed by atoms with van der Waals surface area (Å²) in [7, 11) is 0. The fraction of sp³-hybridized carbons (Fsp3) is 0.412. The first-order valence-electron chi connectivity index (χ1n) is 8.28. The van der Waals surface area contributed by atoms with Gasteiger partial charge in [0, 0.05) is 30.6 Å². The van der Waals surface area contributed by atoms with E-state index in [9.17, 15) is 9.59 Å². The lowest BCUT2D eigenvalue weighted by atomic mass is 10.1. The summed E-state index contributed by atoms with van der Waals surface area (Å²) in [4.78, 5) is 25.5. The number of anilines is 1. The summed E-state index contributed by atoms with van der Waals surface area (Å²) in [5.41, 5.74) is -0.158. The third kappa shape index (κ3) is 2.91. The molecule has 1 aliphatic carbocycles. The third-order valence-electron chi connectivity index (χ3n) is 4.64. The fourth-order valence-electron chi connectivity index (χ4n) is 3.30. The standard InChI is InChI=1S/C17H16ClFN2O4S/c18-16-15(25-17(23)24)14(22)10-3-4-11(20-5-7-26-8-6-20)12(19)13(10)21(16)9-1-2-9/h3-4,9H,1-2,5-8H2,(H,23,24). The summed E-state index contributed by atoms with van der Waals surface area (Å²) in [6, 6.07) is 3.04. The zero-order valence-electron chi connectivity index (χ0n) is 13.7. The summed E-state index contributed by atoms with van der Waals surface area (Å²) in [6.45, 7) is 1.46. The minimum Gasteiger partial charge on any atom is -0.449 e. The van der Waals surface area contributed by atoms with Crippen molar-refractivity contribution in [2.24, 2.45) is 0 Å². The van der Waals surface area contributed by atoms with E-state index in [2.05, 4.69) is 4.74 Å². The zero-order chi connectivity index (χ0) is 18.4. The van der Waals surface area contributed by atoms with Crippen molar-refractivity contribution >= 4 is 46.1 Å². The second-order valence-electron chi connectivity index (χ2n) is 6.31. The second kappa shape index (κ2) is 6.66. The number of benzene rings is 1. The van der Waals surface area contributed by atoms with Gasteiger partial charge in [0.15, 0.2) is 11.0 Å². The van der Waals surface area contributed by atoms with E-state index in [0.29, 0.717) is 5.69 Å². The molecule has 2 heterocycles. The number of thioether (sulfide) groups is 1. The lowest BCUT2D eigenvalue weighted by Gasteiger charge is -2.29. The molecule has 4 rings (SSSR count). The van der Waals surface area contributed by atoms with Crippen molar-refractivity contribution in [1.82, 2.24) is 4.57 Å². The summed E-state index contributed by atoms with van der Waals surface area (Å²) in [6.07, 6.45) is -0.0590. The van der Waals surface area contributed by atoms with Crippen molar-refractivity contribution in [2.45, 2.75) is 18.9 Å². The molecule has 1 aliphatic heterocycles. The number of aromatic nitrogens is 1. The minimum absolute atomic E-state index is 0.0663. The number of rotatable bonds is 3. The minimum atomic E-state index is -1.63. The van der Waals surface area contributed by atoms with Crippen molar-refractivity contribution in [3.8, 4) is 5.75 Å². The predicted octanol–water partition coefficient (Wildman–Crippen LogP) is 3.74. The molecule has 0 spiro atoms. The maximum Gasteiger partial charge on any atom is 0.511 e. The van der Waals surface area contributed by atoms with Crippen LogP contribution in [-0.4, -0.2) is 40.4 Å². The van der Waals surface area contributed by atoms with Crippen molar-refractivity contribution in [3.05, 3.63) is 33.3 Å². The first-order chi connectivity index (χ1) is 12.5. The molecule has 1 saturated heterocycles. The Hall–Kier alpha value is -1.93. The van der Waals surface area contributed by atoms with Crippen LogP contribution in [0.5, 0.6) is 5.75 Å². The molecule has 1 aromatic carbocycles. The molecule has 26 heavy (non-hydrogen) atoms. The van der Waals surface area contributed by atoms with Gasteiger partial charge < -0.3 is 19.3 Å². The molecule has 0 radical (unpaired) electrons. The molecule has 0 amide bonds. The molecule has 2 fully saturated rings. The van der Waals surface area contributed by atoms with E-state index in [1.807, 2.05) is 16.7 Å². The van der Waals surface area contributed by atoms with Crippen molar-refractivity contribution in [3.63, 3.8) is 0 Å². The molecule has 9 heteroatoms. The first kappa shape index (κ1) is 17.5. The SMILES string of the molecule is O=C(O)Oc1c(Cl)n(C2CC2)c2c(F)c(N3CCSCC3)ccc2c1=O. The van der Waals surface area contributed by atoms with Crippen molar-refractivity contribution in [2.75, 3.05) is 29.5 Å². The number of pyridine rings is 1. The maximum absolute atomic E-state index is 15.4. The Morgan fingerprint density at radius 3 is 2.62 bits per heavy atom. The van der Waals surface area contributed by atoms with Gasteiger partial charge in [-0.2, -0.15) is 11.8 Å². The van der Waals surface area contributed by atoms with Gasteiger partial charge in [0.2, 0.25) is 11.2 Å². The quantitative estimate of drug-likeness (QED) is 0.627. The van der Waals surface area contributed by atoms with Gasteiger partial charge in [0.25, 0.3) is 0 Å². The van der Waals surface area contributed by atoms with E-state index >= 15 is 4.39 Å². The highest BCUT2D eigenvalue weighted by atomic mass is 35.5. The second-order valence-corrected chi connectivity index (χ2v) is 7.90. The Bertz CT molecular complexity index is 954. The van der Waals surface area contributed by atoms with E-state index in [0.717, 1.165) is 37.4 Å². The summed E-state index contributed by atoms with van der Waals surface area (Å²) in [5, 5.41) is 8.80. The van der Waals surface area contributed by atoms with E-state index in [4.69, 9.17) is 16.7 Å². The number of hydrogen-bond donors (Lipinski definition) is 1. The molecular weight excluding hydrogens is 383 g/mol. The van der Waals surface area contributed by atoms with Gasteiger partial charge in [0.05, 0.1) is 16.6 Å². The van der Waals surface area contributed by atoms with Crippen LogP contribution in [-0.2, 0) is 0 Å². The van der Waals surface area contributed by atoms with E-state index in [-0.39, 0.29) is 22.1 Å². The molecule has 0 bridgehead atoms.